The summed E-state index contributed by atoms with van der Waals surface area (Å²) in [6, 6.07) is 0.434. The number of carbonyl (C=O) groups excluding carboxylic acids is 1. The summed E-state index contributed by atoms with van der Waals surface area (Å²) in [6.07, 6.45) is 9.08. The second kappa shape index (κ2) is 5.79. The summed E-state index contributed by atoms with van der Waals surface area (Å²) in [5.74, 6) is 1.33. The van der Waals surface area contributed by atoms with Crippen LogP contribution in [0.15, 0.2) is 12.4 Å². The number of nitrogens with zero attached hydrogens (tertiary/aromatic N) is 3. The molecule has 0 radical (unpaired) electrons. The summed E-state index contributed by atoms with van der Waals surface area (Å²) < 4.78 is 2.02. The van der Waals surface area contributed by atoms with Gasteiger partial charge in [-0.3, -0.25) is 4.79 Å². The Morgan fingerprint density at radius 1 is 1.57 bits per heavy atom. The van der Waals surface area contributed by atoms with E-state index >= 15 is 0 Å². The smallest absolute Gasteiger partial charge is 0.230 e. The zero-order chi connectivity index (χ0) is 14.9. The van der Waals surface area contributed by atoms with Crippen LogP contribution in [0.3, 0.4) is 0 Å². The van der Waals surface area contributed by atoms with Gasteiger partial charge in [0.15, 0.2) is 0 Å². The molecule has 1 N–H and O–H groups in total. The lowest BCUT2D eigenvalue weighted by atomic mass is 9.81. The zero-order valence-electron chi connectivity index (χ0n) is 13.1. The van der Waals surface area contributed by atoms with Crippen LogP contribution in [0, 0.1) is 5.41 Å². The molecule has 1 aliphatic carbocycles. The van der Waals surface area contributed by atoms with Gasteiger partial charge in [0.1, 0.15) is 5.82 Å². The Labute approximate surface area is 126 Å². The lowest BCUT2D eigenvalue weighted by Crippen LogP contribution is -2.46. The average Bonchev–Trinajstić information content (AvgIpc) is 3.07. The number of hydrogen-bond donors (Lipinski definition) is 1. The van der Waals surface area contributed by atoms with Gasteiger partial charge in [-0.25, -0.2) is 4.98 Å². The molecule has 0 spiro atoms. The van der Waals surface area contributed by atoms with Crippen molar-refractivity contribution in [1.82, 2.24) is 19.8 Å². The lowest BCUT2D eigenvalue weighted by Gasteiger charge is -2.34. The second-order valence-electron chi connectivity index (χ2n) is 6.58. The van der Waals surface area contributed by atoms with Crippen LogP contribution in [0.1, 0.15) is 44.9 Å². The summed E-state index contributed by atoms with van der Waals surface area (Å²) in [5.41, 5.74) is -0.178. The number of aromatic nitrogens is 2. The monoisotopic (exact) mass is 290 g/mol. The maximum atomic E-state index is 13.2. The molecule has 1 aromatic rings. The van der Waals surface area contributed by atoms with E-state index in [1.54, 1.807) is 0 Å². The number of carbonyl (C=O) groups is 1. The van der Waals surface area contributed by atoms with Crippen molar-refractivity contribution >= 4 is 5.91 Å². The highest BCUT2D eigenvalue weighted by molar-refractivity contribution is 5.84. The minimum Gasteiger partial charge on any atom is -0.337 e. The standard InChI is InChI=1S/C16H26N4O/c1-3-6-16(7-8-17-12-16)15(21)20(13-4-5-13)11-14-18-9-10-19(14)2/h9-10,13,17H,3-8,11-12H2,1-2H3. The van der Waals surface area contributed by atoms with Crippen LogP contribution in [0.2, 0.25) is 0 Å². The van der Waals surface area contributed by atoms with E-state index in [0.717, 1.165) is 51.0 Å². The van der Waals surface area contributed by atoms with E-state index in [4.69, 9.17) is 0 Å². The van der Waals surface area contributed by atoms with Gasteiger partial charge in [0.05, 0.1) is 12.0 Å². The molecule has 1 aliphatic heterocycles. The van der Waals surface area contributed by atoms with Gasteiger partial charge in [0.25, 0.3) is 0 Å². The molecule has 21 heavy (non-hydrogen) atoms. The van der Waals surface area contributed by atoms with E-state index in [2.05, 4.69) is 22.1 Å². The van der Waals surface area contributed by atoms with Gasteiger partial charge in [0, 0.05) is 32.0 Å². The topological polar surface area (TPSA) is 50.2 Å². The molecule has 1 amide bonds. The predicted octanol–water partition coefficient (Wildman–Crippen LogP) is 1.69. The number of imidazole rings is 1. The Morgan fingerprint density at radius 3 is 2.90 bits per heavy atom. The summed E-state index contributed by atoms with van der Waals surface area (Å²) in [6.45, 7) is 4.63. The Bertz CT molecular complexity index is 500. The molecular formula is C16H26N4O. The first kappa shape index (κ1) is 14.6. The number of aryl methyl sites for hydroxylation is 1. The molecule has 1 atom stereocenters. The van der Waals surface area contributed by atoms with Crippen molar-refractivity contribution in [2.24, 2.45) is 12.5 Å². The Kier molecular flexibility index (Phi) is 4.02. The first-order valence-corrected chi connectivity index (χ1v) is 8.14. The molecule has 3 rings (SSSR count). The summed E-state index contributed by atoms with van der Waals surface area (Å²) in [5, 5.41) is 3.39. The minimum atomic E-state index is -0.178. The van der Waals surface area contributed by atoms with Crippen LogP contribution < -0.4 is 5.32 Å². The van der Waals surface area contributed by atoms with E-state index in [0.29, 0.717) is 18.5 Å². The molecule has 116 valence electrons. The first-order valence-electron chi connectivity index (χ1n) is 8.14. The van der Waals surface area contributed by atoms with Gasteiger partial charge in [-0.05, 0) is 32.2 Å². The fraction of sp³-hybridized carbons (Fsp3) is 0.750. The van der Waals surface area contributed by atoms with E-state index in [1.807, 2.05) is 24.0 Å². The van der Waals surface area contributed by atoms with Crippen LogP contribution in [0.25, 0.3) is 0 Å². The van der Waals surface area contributed by atoms with E-state index in [-0.39, 0.29) is 5.41 Å². The molecule has 5 nitrogen and oxygen atoms in total. The highest BCUT2D eigenvalue weighted by Crippen LogP contribution is 2.38. The normalized spacial score (nSPS) is 25.2. The molecule has 2 fully saturated rings. The third kappa shape index (κ3) is 2.84. The molecule has 1 saturated carbocycles. The molecule has 1 unspecified atom stereocenters. The molecule has 1 aromatic heterocycles. The SMILES string of the molecule is CCCC1(C(=O)N(Cc2nccn2C)C2CC2)CCNC1. The summed E-state index contributed by atoms with van der Waals surface area (Å²) in [4.78, 5) is 19.7. The first-order chi connectivity index (χ1) is 10.2. The summed E-state index contributed by atoms with van der Waals surface area (Å²) >= 11 is 0. The fourth-order valence-electron chi connectivity index (χ4n) is 3.48. The molecular weight excluding hydrogens is 264 g/mol. The minimum absolute atomic E-state index is 0.178. The van der Waals surface area contributed by atoms with Crippen LogP contribution >= 0.6 is 0 Å². The maximum absolute atomic E-state index is 13.2. The third-order valence-electron chi connectivity index (χ3n) is 4.91. The van der Waals surface area contributed by atoms with Crippen molar-refractivity contribution in [3.05, 3.63) is 18.2 Å². The average molecular weight is 290 g/mol. The molecule has 2 aliphatic rings. The predicted molar refractivity (Wildman–Crippen MR) is 81.6 cm³/mol. The Morgan fingerprint density at radius 2 is 2.38 bits per heavy atom. The van der Waals surface area contributed by atoms with Crippen molar-refractivity contribution in [3.8, 4) is 0 Å². The highest BCUT2D eigenvalue weighted by Gasteiger charge is 2.46. The van der Waals surface area contributed by atoms with Gasteiger partial charge in [0.2, 0.25) is 5.91 Å². The molecule has 2 heterocycles. The van der Waals surface area contributed by atoms with Gasteiger partial charge in [-0.1, -0.05) is 13.3 Å². The maximum Gasteiger partial charge on any atom is 0.230 e. The van der Waals surface area contributed by atoms with Crippen molar-refractivity contribution in [2.75, 3.05) is 13.1 Å². The van der Waals surface area contributed by atoms with E-state index < -0.39 is 0 Å². The zero-order valence-corrected chi connectivity index (χ0v) is 13.1. The van der Waals surface area contributed by atoms with E-state index in [1.165, 1.54) is 0 Å². The van der Waals surface area contributed by atoms with Crippen LogP contribution in [0.5, 0.6) is 0 Å². The molecule has 0 aromatic carbocycles. The van der Waals surface area contributed by atoms with Gasteiger partial charge >= 0.3 is 0 Å². The largest absolute Gasteiger partial charge is 0.337 e. The van der Waals surface area contributed by atoms with Crippen molar-refractivity contribution in [3.63, 3.8) is 0 Å². The third-order valence-corrected chi connectivity index (χ3v) is 4.91. The van der Waals surface area contributed by atoms with Crippen molar-refractivity contribution in [1.29, 1.82) is 0 Å². The second-order valence-corrected chi connectivity index (χ2v) is 6.58. The molecule has 0 bridgehead atoms. The Hall–Kier alpha value is -1.36. The van der Waals surface area contributed by atoms with Crippen LogP contribution in [0.4, 0.5) is 0 Å². The quantitative estimate of drug-likeness (QED) is 0.867. The van der Waals surface area contributed by atoms with E-state index in [9.17, 15) is 4.79 Å². The van der Waals surface area contributed by atoms with Crippen molar-refractivity contribution < 1.29 is 4.79 Å². The lowest BCUT2D eigenvalue weighted by molar-refractivity contribution is -0.143. The highest BCUT2D eigenvalue weighted by atomic mass is 16.2. The fourth-order valence-corrected chi connectivity index (χ4v) is 3.48. The van der Waals surface area contributed by atoms with Gasteiger partial charge in [-0.15, -0.1) is 0 Å². The summed E-state index contributed by atoms with van der Waals surface area (Å²) in [7, 11) is 2.00. The number of hydrogen-bond acceptors (Lipinski definition) is 3. The van der Waals surface area contributed by atoms with Crippen LogP contribution in [-0.2, 0) is 18.4 Å². The number of amides is 1. The van der Waals surface area contributed by atoms with Crippen molar-refractivity contribution in [2.45, 2.75) is 51.6 Å². The molecule has 5 heteroatoms. The Balaban J connectivity index is 1.79. The molecule has 1 saturated heterocycles. The number of rotatable bonds is 6. The number of nitrogens with one attached hydrogen (secondary N) is 1. The van der Waals surface area contributed by atoms with Gasteiger partial charge < -0.3 is 14.8 Å². The van der Waals surface area contributed by atoms with Gasteiger partial charge in [-0.2, -0.15) is 0 Å². The van der Waals surface area contributed by atoms with Crippen LogP contribution in [-0.4, -0.2) is 39.5 Å².